The Balaban J connectivity index is 1.73. The number of aromatic nitrogens is 1. The number of anilines is 1. The molecule has 166 valence electrons. The Morgan fingerprint density at radius 2 is 1.82 bits per heavy atom. The summed E-state index contributed by atoms with van der Waals surface area (Å²) in [7, 11) is 0. The molecule has 2 aromatic heterocycles. The fraction of sp³-hybridized carbons (Fsp3) is 0.160. The van der Waals surface area contributed by atoms with Crippen molar-refractivity contribution in [2.45, 2.75) is 26.8 Å². The predicted molar refractivity (Wildman–Crippen MR) is 129 cm³/mol. The number of amides is 1. The number of aryl methyl sites for hydroxylation is 3. The van der Waals surface area contributed by atoms with Gasteiger partial charge in [-0.2, -0.15) is 0 Å². The van der Waals surface area contributed by atoms with Crippen LogP contribution < -0.4 is 4.90 Å². The fourth-order valence-corrected chi connectivity index (χ4v) is 5.42. The van der Waals surface area contributed by atoms with Gasteiger partial charge in [0.1, 0.15) is 23.3 Å². The molecule has 2 aromatic carbocycles. The molecule has 33 heavy (non-hydrogen) atoms. The number of hydrogen-bond donors (Lipinski definition) is 1. The van der Waals surface area contributed by atoms with Crippen molar-refractivity contribution in [2.75, 3.05) is 4.90 Å². The van der Waals surface area contributed by atoms with Crippen molar-refractivity contribution in [3.05, 3.63) is 87.3 Å². The van der Waals surface area contributed by atoms with Gasteiger partial charge >= 0.3 is 5.91 Å². The zero-order valence-corrected chi connectivity index (χ0v) is 19.6. The minimum absolute atomic E-state index is 0.0520. The van der Waals surface area contributed by atoms with E-state index in [1.807, 2.05) is 26.0 Å². The van der Waals surface area contributed by atoms with Crippen molar-refractivity contribution in [3.63, 3.8) is 0 Å². The molecule has 5 rings (SSSR count). The lowest BCUT2D eigenvalue weighted by molar-refractivity contribution is -0.132. The molecule has 1 amide bonds. The van der Waals surface area contributed by atoms with Crippen LogP contribution in [0.4, 0.5) is 5.13 Å². The third-order valence-corrected chi connectivity index (χ3v) is 6.87. The lowest BCUT2D eigenvalue weighted by atomic mass is 9.99. The molecule has 3 heterocycles. The highest BCUT2D eigenvalue weighted by atomic mass is 35.5. The SMILES string of the molecule is Cc1cc(C)c2nc(N3C(=O)C(=O)C(=C(O)c4ccc(Cl)cc4)C3c3ccc(C)o3)sc2c1. The second kappa shape index (κ2) is 7.86. The summed E-state index contributed by atoms with van der Waals surface area (Å²) < 4.78 is 6.75. The van der Waals surface area contributed by atoms with E-state index in [2.05, 4.69) is 4.98 Å². The molecular formula is C25H19ClN2O4S. The predicted octanol–water partition coefficient (Wildman–Crippen LogP) is 6.09. The van der Waals surface area contributed by atoms with Crippen LogP contribution in [-0.2, 0) is 9.59 Å². The van der Waals surface area contributed by atoms with Gasteiger partial charge in [0.25, 0.3) is 5.78 Å². The summed E-state index contributed by atoms with van der Waals surface area (Å²) in [5.74, 6) is -0.862. The summed E-state index contributed by atoms with van der Waals surface area (Å²) >= 11 is 7.30. The van der Waals surface area contributed by atoms with Crippen LogP contribution in [0, 0.1) is 20.8 Å². The zero-order valence-electron chi connectivity index (χ0n) is 18.0. The molecule has 1 atom stereocenters. The van der Waals surface area contributed by atoms with E-state index in [1.165, 1.54) is 16.2 Å². The second-order valence-electron chi connectivity index (χ2n) is 8.05. The number of thiazole rings is 1. The first-order chi connectivity index (χ1) is 15.7. The fourth-order valence-electron chi connectivity index (χ4n) is 4.12. The van der Waals surface area contributed by atoms with Gasteiger partial charge in [0.2, 0.25) is 0 Å². The largest absolute Gasteiger partial charge is 0.507 e. The summed E-state index contributed by atoms with van der Waals surface area (Å²) in [6.45, 7) is 5.73. The molecule has 0 radical (unpaired) electrons. The Morgan fingerprint density at radius 3 is 2.48 bits per heavy atom. The van der Waals surface area contributed by atoms with E-state index >= 15 is 0 Å². The van der Waals surface area contributed by atoms with Gasteiger partial charge in [-0.15, -0.1) is 0 Å². The molecule has 6 nitrogen and oxygen atoms in total. The van der Waals surface area contributed by atoms with Gasteiger partial charge in [-0.05, 0) is 74.4 Å². The average Bonchev–Trinajstić information content (AvgIpc) is 3.45. The molecule has 8 heteroatoms. The number of benzene rings is 2. The molecule has 0 spiro atoms. The Labute approximate surface area is 198 Å². The lowest BCUT2D eigenvalue weighted by Gasteiger charge is -2.20. The third-order valence-electron chi connectivity index (χ3n) is 5.62. The number of halogens is 1. The summed E-state index contributed by atoms with van der Waals surface area (Å²) in [5.41, 5.74) is 3.16. The minimum atomic E-state index is -0.948. The van der Waals surface area contributed by atoms with Gasteiger partial charge in [0.05, 0.1) is 15.8 Å². The molecule has 1 fully saturated rings. The standard InChI is InChI=1S/C25H19ClN2O4S/c1-12-10-13(2)20-18(11-12)33-25(27-20)28-21(17-9-4-14(3)32-17)19(23(30)24(28)31)22(29)15-5-7-16(26)8-6-15/h4-11,21,29H,1-3H3. The third kappa shape index (κ3) is 3.53. The number of fused-ring (bicyclic) bond motifs is 1. The van der Waals surface area contributed by atoms with Crippen molar-refractivity contribution in [1.29, 1.82) is 0 Å². The first-order valence-electron chi connectivity index (χ1n) is 10.3. The van der Waals surface area contributed by atoms with Crippen LogP contribution >= 0.6 is 22.9 Å². The zero-order chi connectivity index (χ0) is 23.4. The molecule has 1 N–H and O–H groups in total. The first-order valence-corrected chi connectivity index (χ1v) is 11.4. The number of Topliss-reactive ketones (excluding diaryl/α,β-unsaturated/α-hetero) is 1. The van der Waals surface area contributed by atoms with Gasteiger partial charge in [0, 0.05) is 10.6 Å². The van der Waals surface area contributed by atoms with Crippen molar-refractivity contribution in [2.24, 2.45) is 0 Å². The van der Waals surface area contributed by atoms with E-state index in [1.54, 1.807) is 43.3 Å². The van der Waals surface area contributed by atoms with Gasteiger partial charge < -0.3 is 9.52 Å². The number of aliphatic hydroxyl groups excluding tert-OH is 1. The average molecular weight is 479 g/mol. The summed E-state index contributed by atoms with van der Waals surface area (Å²) in [4.78, 5) is 32.5. The van der Waals surface area contributed by atoms with E-state index in [9.17, 15) is 14.7 Å². The number of hydrogen-bond acceptors (Lipinski definition) is 6. The van der Waals surface area contributed by atoms with E-state index in [4.69, 9.17) is 16.0 Å². The van der Waals surface area contributed by atoms with Crippen LogP contribution in [-0.4, -0.2) is 21.8 Å². The normalized spacial score (nSPS) is 17.9. The highest BCUT2D eigenvalue weighted by Crippen LogP contribution is 2.45. The van der Waals surface area contributed by atoms with Crippen molar-refractivity contribution < 1.29 is 19.1 Å². The van der Waals surface area contributed by atoms with Crippen molar-refractivity contribution in [3.8, 4) is 0 Å². The Bertz CT molecular complexity index is 1470. The Morgan fingerprint density at radius 1 is 1.09 bits per heavy atom. The summed E-state index contributed by atoms with van der Waals surface area (Å²) in [5, 5.41) is 12.0. The Hall–Kier alpha value is -3.42. The van der Waals surface area contributed by atoms with Crippen LogP contribution in [0.3, 0.4) is 0 Å². The van der Waals surface area contributed by atoms with Crippen LogP contribution in [0.5, 0.6) is 0 Å². The van der Waals surface area contributed by atoms with Crippen molar-refractivity contribution in [1.82, 2.24) is 4.98 Å². The van der Waals surface area contributed by atoms with E-state index in [0.29, 0.717) is 27.2 Å². The van der Waals surface area contributed by atoms with Gasteiger partial charge in [-0.3, -0.25) is 14.5 Å². The second-order valence-corrected chi connectivity index (χ2v) is 9.49. The number of carbonyl (C=O) groups is 2. The van der Waals surface area contributed by atoms with Crippen LogP contribution in [0.2, 0.25) is 5.02 Å². The maximum atomic E-state index is 13.3. The van der Waals surface area contributed by atoms with Crippen LogP contribution in [0.25, 0.3) is 16.0 Å². The number of carbonyl (C=O) groups excluding carboxylic acids is 2. The first kappa shape index (κ1) is 21.4. The number of nitrogens with zero attached hydrogens (tertiary/aromatic N) is 2. The number of aliphatic hydroxyl groups is 1. The number of ketones is 1. The van der Waals surface area contributed by atoms with Gasteiger partial charge in [-0.25, -0.2) is 4.98 Å². The molecule has 0 bridgehead atoms. The number of rotatable bonds is 3. The molecule has 1 aliphatic heterocycles. The van der Waals surface area contributed by atoms with E-state index < -0.39 is 17.7 Å². The quantitative estimate of drug-likeness (QED) is 0.219. The van der Waals surface area contributed by atoms with E-state index in [0.717, 1.165) is 21.3 Å². The smallest absolute Gasteiger partial charge is 0.302 e. The molecule has 1 unspecified atom stereocenters. The Kier molecular flexibility index (Phi) is 5.11. The molecule has 1 aliphatic rings. The summed E-state index contributed by atoms with van der Waals surface area (Å²) in [6.07, 6.45) is 0. The summed E-state index contributed by atoms with van der Waals surface area (Å²) in [6, 6.07) is 12.9. The van der Waals surface area contributed by atoms with Crippen LogP contribution in [0.1, 0.15) is 34.3 Å². The van der Waals surface area contributed by atoms with Gasteiger partial charge in [0.15, 0.2) is 5.13 Å². The molecule has 4 aromatic rings. The molecule has 1 saturated heterocycles. The minimum Gasteiger partial charge on any atom is -0.507 e. The van der Waals surface area contributed by atoms with Gasteiger partial charge in [-0.1, -0.05) is 29.0 Å². The van der Waals surface area contributed by atoms with E-state index in [-0.39, 0.29) is 11.3 Å². The maximum Gasteiger partial charge on any atom is 0.302 e. The lowest BCUT2D eigenvalue weighted by Crippen LogP contribution is -2.29. The molecule has 0 saturated carbocycles. The molecular weight excluding hydrogens is 460 g/mol. The number of furan rings is 1. The molecule has 0 aliphatic carbocycles. The van der Waals surface area contributed by atoms with Crippen molar-refractivity contribution >= 4 is 55.7 Å². The highest BCUT2D eigenvalue weighted by molar-refractivity contribution is 7.22. The maximum absolute atomic E-state index is 13.3. The van der Waals surface area contributed by atoms with Crippen LogP contribution in [0.15, 0.2) is 58.5 Å². The topological polar surface area (TPSA) is 83.6 Å². The highest BCUT2D eigenvalue weighted by Gasteiger charge is 2.49. The monoisotopic (exact) mass is 478 g/mol.